The van der Waals surface area contributed by atoms with Gasteiger partial charge in [0.05, 0.1) is 12.6 Å². The van der Waals surface area contributed by atoms with Gasteiger partial charge in [-0.15, -0.1) is 0 Å². The zero-order chi connectivity index (χ0) is 13.5. The standard InChI is InChI=1S/C12H16N4O2S/c1-12(3-5-18-6-4-12)16-9-8(15-11(16)19)10(17-2)14-7-13-9/h7H,3-6H2,1-2H3,(H,15,19). The number of nitrogens with one attached hydrogen (secondary N) is 1. The highest BCUT2D eigenvalue weighted by Gasteiger charge is 2.32. The third kappa shape index (κ3) is 1.93. The molecule has 102 valence electrons. The number of fused-ring (bicyclic) bond motifs is 1. The summed E-state index contributed by atoms with van der Waals surface area (Å²) in [6.45, 7) is 3.67. The molecule has 1 aliphatic rings. The van der Waals surface area contributed by atoms with Crippen LogP contribution in [0.25, 0.3) is 11.2 Å². The summed E-state index contributed by atoms with van der Waals surface area (Å²) in [5.74, 6) is 0.519. The van der Waals surface area contributed by atoms with E-state index in [1.54, 1.807) is 7.11 Å². The monoisotopic (exact) mass is 280 g/mol. The molecule has 7 heteroatoms. The Kier molecular flexibility index (Phi) is 3.02. The highest BCUT2D eigenvalue weighted by Crippen LogP contribution is 2.33. The van der Waals surface area contributed by atoms with Crippen molar-refractivity contribution < 1.29 is 9.47 Å². The van der Waals surface area contributed by atoms with Gasteiger partial charge in [0.2, 0.25) is 5.88 Å². The molecule has 2 aromatic heterocycles. The minimum Gasteiger partial charge on any atom is -0.479 e. The Morgan fingerprint density at radius 2 is 2.16 bits per heavy atom. The smallest absolute Gasteiger partial charge is 0.242 e. The van der Waals surface area contributed by atoms with Crippen LogP contribution >= 0.6 is 12.2 Å². The molecule has 0 bridgehead atoms. The van der Waals surface area contributed by atoms with E-state index in [1.165, 1.54) is 6.33 Å². The minimum absolute atomic E-state index is 0.0764. The lowest BCUT2D eigenvalue weighted by Gasteiger charge is -2.35. The molecule has 0 unspecified atom stereocenters. The van der Waals surface area contributed by atoms with Crippen LogP contribution in [0, 0.1) is 4.77 Å². The minimum atomic E-state index is -0.0764. The van der Waals surface area contributed by atoms with E-state index >= 15 is 0 Å². The van der Waals surface area contributed by atoms with Crippen molar-refractivity contribution in [3.05, 3.63) is 11.1 Å². The number of methoxy groups -OCH3 is 1. The second-order valence-corrected chi connectivity index (χ2v) is 5.34. The molecule has 2 aromatic rings. The van der Waals surface area contributed by atoms with Crippen molar-refractivity contribution in [3.63, 3.8) is 0 Å². The van der Waals surface area contributed by atoms with E-state index in [1.807, 2.05) is 0 Å². The van der Waals surface area contributed by atoms with Crippen LogP contribution in [0.2, 0.25) is 0 Å². The molecule has 0 atom stereocenters. The Hall–Kier alpha value is -1.47. The number of imidazole rings is 1. The summed E-state index contributed by atoms with van der Waals surface area (Å²) in [4.78, 5) is 11.6. The third-order valence-corrected chi connectivity index (χ3v) is 4.03. The van der Waals surface area contributed by atoms with Crippen molar-refractivity contribution in [1.29, 1.82) is 0 Å². The van der Waals surface area contributed by atoms with Crippen molar-refractivity contribution >= 4 is 23.4 Å². The van der Waals surface area contributed by atoms with Crippen molar-refractivity contribution in [1.82, 2.24) is 19.5 Å². The van der Waals surface area contributed by atoms with E-state index in [0.717, 1.165) is 37.2 Å². The quantitative estimate of drug-likeness (QED) is 0.853. The van der Waals surface area contributed by atoms with E-state index in [2.05, 4.69) is 26.4 Å². The van der Waals surface area contributed by atoms with Gasteiger partial charge in [0.15, 0.2) is 10.4 Å². The Morgan fingerprint density at radius 3 is 2.84 bits per heavy atom. The molecule has 1 N–H and O–H groups in total. The van der Waals surface area contributed by atoms with E-state index in [0.29, 0.717) is 10.7 Å². The molecule has 19 heavy (non-hydrogen) atoms. The van der Waals surface area contributed by atoms with Crippen molar-refractivity contribution in [2.75, 3.05) is 20.3 Å². The number of hydrogen-bond acceptors (Lipinski definition) is 5. The normalized spacial score (nSPS) is 18.6. The second-order valence-electron chi connectivity index (χ2n) is 4.96. The number of ether oxygens (including phenoxy) is 2. The molecule has 6 nitrogen and oxygen atoms in total. The number of aromatic nitrogens is 4. The predicted molar refractivity (Wildman–Crippen MR) is 73.0 cm³/mol. The van der Waals surface area contributed by atoms with Gasteiger partial charge in [-0.3, -0.25) is 4.57 Å². The largest absolute Gasteiger partial charge is 0.479 e. The molecule has 1 saturated heterocycles. The summed E-state index contributed by atoms with van der Waals surface area (Å²) in [6.07, 6.45) is 3.34. The Morgan fingerprint density at radius 1 is 1.42 bits per heavy atom. The Labute approximate surface area is 115 Å². The first-order chi connectivity index (χ1) is 9.15. The average molecular weight is 280 g/mol. The van der Waals surface area contributed by atoms with Crippen LogP contribution in [-0.2, 0) is 10.3 Å². The third-order valence-electron chi connectivity index (χ3n) is 3.74. The van der Waals surface area contributed by atoms with Gasteiger partial charge in [0.25, 0.3) is 0 Å². The molecular formula is C12H16N4O2S. The molecule has 0 aromatic carbocycles. The summed E-state index contributed by atoms with van der Waals surface area (Å²) in [6, 6.07) is 0. The van der Waals surface area contributed by atoms with Gasteiger partial charge in [-0.2, -0.15) is 4.98 Å². The van der Waals surface area contributed by atoms with Crippen LogP contribution in [0.1, 0.15) is 19.8 Å². The van der Waals surface area contributed by atoms with Crippen LogP contribution in [0.4, 0.5) is 0 Å². The SMILES string of the molecule is COc1ncnc2c1[nH]c(=S)n2C1(C)CCOCC1. The maximum absolute atomic E-state index is 5.46. The van der Waals surface area contributed by atoms with Gasteiger partial charge < -0.3 is 14.5 Å². The van der Waals surface area contributed by atoms with E-state index in [4.69, 9.17) is 21.7 Å². The molecule has 0 radical (unpaired) electrons. The fourth-order valence-electron chi connectivity index (χ4n) is 2.59. The van der Waals surface area contributed by atoms with Crippen molar-refractivity contribution in [2.24, 2.45) is 0 Å². The highest BCUT2D eigenvalue weighted by molar-refractivity contribution is 7.71. The van der Waals surface area contributed by atoms with E-state index < -0.39 is 0 Å². The first-order valence-electron chi connectivity index (χ1n) is 6.24. The van der Waals surface area contributed by atoms with Crippen LogP contribution in [0.5, 0.6) is 5.88 Å². The summed E-state index contributed by atoms with van der Waals surface area (Å²) >= 11 is 5.46. The second kappa shape index (κ2) is 4.57. The lowest BCUT2D eigenvalue weighted by molar-refractivity contribution is 0.0304. The number of aromatic amines is 1. The lowest BCUT2D eigenvalue weighted by atomic mass is 9.92. The zero-order valence-electron chi connectivity index (χ0n) is 11.0. The number of hydrogen-bond donors (Lipinski definition) is 1. The summed E-state index contributed by atoms with van der Waals surface area (Å²) < 4.78 is 13.4. The molecule has 0 aliphatic carbocycles. The van der Waals surface area contributed by atoms with Gasteiger partial charge >= 0.3 is 0 Å². The summed E-state index contributed by atoms with van der Waals surface area (Å²) in [5, 5.41) is 0. The van der Waals surface area contributed by atoms with Crippen LogP contribution < -0.4 is 4.74 Å². The fourth-order valence-corrected chi connectivity index (χ4v) is 3.00. The molecule has 1 fully saturated rings. The summed E-state index contributed by atoms with van der Waals surface area (Å²) in [5.41, 5.74) is 1.47. The maximum atomic E-state index is 5.46. The fraction of sp³-hybridized carbons (Fsp3) is 0.583. The van der Waals surface area contributed by atoms with Crippen LogP contribution in [0.15, 0.2) is 6.33 Å². The molecule has 0 amide bonds. The van der Waals surface area contributed by atoms with Gasteiger partial charge in [-0.05, 0) is 32.0 Å². The molecule has 0 saturated carbocycles. The first kappa shape index (κ1) is 12.6. The topological polar surface area (TPSA) is 65.0 Å². The number of H-pyrrole nitrogens is 1. The van der Waals surface area contributed by atoms with Gasteiger partial charge in [-0.25, -0.2) is 4.98 Å². The predicted octanol–water partition coefficient (Wildman–Crippen LogP) is 2.02. The number of nitrogens with zero attached hydrogens (tertiary/aromatic N) is 3. The van der Waals surface area contributed by atoms with Crippen LogP contribution in [0.3, 0.4) is 0 Å². The first-order valence-corrected chi connectivity index (χ1v) is 6.64. The maximum Gasteiger partial charge on any atom is 0.242 e. The van der Waals surface area contributed by atoms with Gasteiger partial charge in [-0.1, -0.05) is 0 Å². The Bertz CT molecular complexity index is 657. The molecule has 0 spiro atoms. The van der Waals surface area contributed by atoms with Gasteiger partial charge in [0, 0.05) is 13.2 Å². The lowest BCUT2D eigenvalue weighted by Crippen LogP contribution is -2.36. The molecular weight excluding hydrogens is 264 g/mol. The average Bonchev–Trinajstić information content (AvgIpc) is 2.76. The van der Waals surface area contributed by atoms with E-state index in [-0.39, 0.29) is 5.54 Å². The van der Waals surface area contributed by atoms with Gasteiger partial charge in [0.1, 0.15) is 11.8 Å². The Balaban J connectivity index is 2.23. The molecule has 1 aliphatic heterocycles. The molecule has 3 heterocycles. The van der Waals surface area contributed by atoms with Crippen molar-refractivity contribution in [2.45, 2.75) is 25.3 Å². The molecule has 3 rings (SSSR count). The van der Waals surface area contributed by atoms with E-state index in [9.17, 15) is 0 Å². The highest BCUT2D eigenvalue weighted by atomic mass is 32.1. The summed E-state index contributed by atoms with van der Waals surface area (Å²) in [7, 11) is 1.59. The van der Waals surface area contributed by atoms with Crippen LogP contribution in [-0.4, -0.2) is 39.8 Å². The van der Waals surface area contributed by atoms with Crippen molar-refractivity contribution in [3.8, 4) is 5.88 Å². The number of rotatable bonds is 2. The zero-order valence-corrected chi connectivity index (χ0v) is 11.8.